The van der Waals surface area contributed by atoms with E-state index in [1.165, 1.54) is 55.5 Å². The molecular formula is C18H30N2. The standard InChI is InChI=1S/C18H30N2/c1-15-11-16(2)13-18(12-15)20(3)10-9-19-14-17-7-5-4-6-8-17/h11-13,17,19H,4-10,14H2,1-3H3. The molecule has 0 aromatic heterocycles. The fourth-order valence-electron chi connectivity index (χ4n) is 3.24. The fraction of sp³-hybridized carbons (Fsp3) is 0.667. The molecule has 1 aromatic rings. The molecule has 1 fully saturated rings. The Balaban J connectivity index is 1.70. The number of aryl methyl sites for hydroxylation is 2. The van der Waals surface area contributed by atoms with Crippen LogP contribution in [-0.4, -0.2) is 26.7 Å². The first-order valence-corrected chi connectivity index (χ1v) is 8.15. The molecule has 0 unspecified atom stereocenters. The van der Waals surface area contributed by atoms with E-state index in [9.17, 15) is 0 Å². The molecule has 0 saturated heterocycles. The van der Waals surface area contributed by atoms with Gasteiger partial charge in [-0.25, -0.2) is 0 Å². The SMILES string of the molecule is Cc1cc(C)cc(N(C)CCNCC2CCCCC2)c1. The van der Waals surface area contributed by atoms with Gasteiger partial charge in [0, 0.05) is 25.8 Å². The van der Waals surface area contributed by atoms with Crippen LogP contribution < -0.4 is 10.2 Å². The van der Waals surface area contributed by atoms with E-state index in [1.54, 1.807) is 0 Å². The normalized spacial score (nSPS) is 16.4. The zero-order valence-corrected chi connectivity index (χ0v) is 13.4. The van der Waals surface area contributed by atoms with Crippen molar-refractivity contribution in [3.63, 3.8) is 0 Å². The van der Waals surface area contributed by atoms with Crippen LogP contribution in [0.1, 0.15) is 43.2 Å². The van der Waals surface area contributed by atoms with Crippen molar-refractivity contribution < 1.29 is 0 Å². The van der Waals surface area contributed by atoms with Gasteiger partial charge in [0.05, 0.1) is 0 Å². The summed E-state index contributed by atoms with van der Waals surface area (Å²) in [6.07, 6.45) is 7.19. The highest BCUT2D eigenvalue weighted by atomic mass is 15.1. The second-order valence-corrected chi connectivity index (χ2v) is 6.48. The van der Waals surface area contributed by atoms with E-state index in [2.05, 4.69) is 49.3 Å². The summed E-state index contributed by atoms with van der Waals surface area (Å²) >= 11 is 0. The molecule has 0 atom stereocenters. The monoisotopic (exact) mass is 274 g/mol. The molecule has 112 valence electrons. The van der Waals surface area contributed by atoms with Gasteiger partial charge in [0.1, 0.15) is 0 Å². The number of nitrogens with one attached hydrogen (secondary N) is 1. The van der Waals surface area contributed by atoms with E-state index in [0.717, 1.165) is 19.0 Å². The van der Waals surface area contributed by atoms with Crippen molar-refractivity contribution in [2.75, 3.05) is 31.6 Å². The molecule has 1 aromatic carbocycles. The summed E-state index contributed by atoms with van der Waals surface area (Å²) in [6, 6.07) is 6.78. The third-order valence-electron chi connectivity index (χ3n) is 4.43. The van der Waals surface area contributed by atoms with Gasteiger partial charge in [0.15, 0.2) is 0 Å². The molecule has 20 heavy (non-hydrogen) atoms. The second-order valence-electron chi connectivity index (χ2n) is 6.48. The van der Waals surface area contributed by atoms with Gasteiger partial charge in [-0.1, -0.05) is 25.3 Å². The maximum Gasteiger partial charge on any atom is 0.0369 e. The maximum absolute atomic E-state index is 3.64. The van der Waals surface area contributed by atoms with Crippen molar-refractivity contribution in [2.24, 2.45) is 5.92 Å². The number of hydrogen-bond donors (Lipinski definition) is 1. The Bertz CT molecular complexity index is 388. The highest BCUT2D eigenvalue weighted by molar-refractivity contribution is 5.50. The summed E-state index contributed by atoms with van der Waals surface area (Å²) in [5.41, 5.74) is 4.03. The number of rotatable bonds is 6. The Morgan fingerprint density at radius 2 is 1.70 bits per heavy atom. The Labute approximate surface area is 124 Å². The van der Waals surface area contributed by atoms with Crippen molar-refractivity contribution >= 4 is 5.69 Å². The number of hydrogen-bond acceptors (Lipinski definition) is 2. The van der Waals surface area contributed by atoms with E-state index in [4.69, 9.17) is 0 Å². The van der Waals surface area contributed by atoms with Crippen LogP contribution in [0.4, 0.5) is 5.69 Å². The maximum atomic E-state index is 3.64. The third-order valence-corrected chi connectivity index (χ3v) is 4.43. The molecule has 2 nitrogen and oxygen atoms in total. The first-order chi connectivity index (χ1) is 9.65. The number of anilines is 1. The lowest BCUT2D eigenvalue weighted by molar-refractivity contribution is 0.343. The summed E-state index contributed by atoms with van der Waals surface area (Å²) in [5.74, 6) is 0.926. The van der Waals surface area contributed by atoms with Gasteiger partial charge in [-0.15, -0.1) is 0 Å². The topological polar surface area (TPSA) is 15.3 Å². The molecule has 0 spiro atoms. The Kier molecular flexibility index (Phi) is 5.90. The van der Waals surface area contributed by atoms with Crippen LogP contribution in [-0.2, 0) is 0 Å². The highest BCUT2D eigenvalue weighted by Gasteiger charge is 2.12. The molecule has 0 amide bonds. The fourth-order valence-corrected chi connectivity index (χ4v) is 3.24. The van der Waals surface area contributed by atoms with Gasteiger partial charge >= 0.3 is 0 Å². The Morgan fingerprint density at radius 3 is 2.35 bits per heavy atom. The van der Waals surface area contributed by atoms with E-state index in [1.807, 2.05) is 0 Å². The largest absolute Gasteiger partial charge is 0.373 e. The lowest BCUT2D eigenvalue weighted by Crippen LogP contribution is -2.32. The average Bonchev–Trinajstić information content (AvgIpc) is 2.43. The van der Waals surface area contributed by atoms with E-state index >= 15 is 0 Å². The van der Waals surface area contributed by atoms with Crippen LogP contribution in [0.2, 0.25) is 0 Å². The van der Waals surface area contributed by atoms with Crippen LogP contribution in [0, 0.1) is 19.8 Å². The molecule has 0 radical (unpaired) electrons. The molecule has 1 aliphatic rings. The third kappa shape index (κ3) is 4.82. The summed E-state index contributed by atoms with van der Waals surface area (Å²) in [6.45, 7) is 7.72. The molecule has 1 aliphatic carbocycles. The molecule has 0 bridgehead atoms. The van der Waals surface area contributed by atoms with Gasteiger partial charge < -0.3 is 10.2 Å². The smallest absolute Gasteiger partial charge is 0.0369 e. The van der Waals surface area contributed by atoms with Crippen LogP contribution in [0.5, 0.6) is 0 Å². The number of benzene rings is 1. The van der Waals surface area contributed by atoms with E-state index in [-0.39, 0.29) is 0 Å². The summed E-state index contributed by atoms with van der Waals surface area (Å²) in [5, 5.41) is 3.64. The van der Waals surface area contributed by atoms with Gasteiger partial charge in [-0.3, -0.25) is 0 Å². The number of likely N-dealkylation sites (N-methyl/N-ethyl adjacent to an activating group) is 1. The van der Waals surface area contributed by atoms with Crippen LogP contribution in [0.15, 0.2) is 18.2 Å². The molecule has 1 N–H and O–H groups in total. The number of nitrogens with zero attached hydrogens (tertiary/aromatic N) is 1. The van der Waals surface area contributed by atoms with Crippen molar-refractivity contribution in [3.8, 4) is 0 Å². The molecule has 0 heterocycles. The first-order valence-electron chi connectivity index (χ1n) is 8.15. The minimum Gasteiger partial charge on any atom is -0.373 e. The zero-order valence-electron chi connectivity index (χ0n) is 13.4. The first kappa shape index (κ1) is 15.4. The zero-order chi connectivity index (χ0) is 14.4. The molecule has 2 heteroatoms. The molecular weight excluding hydrogens is 244 g/mol. The second kappa shape index (κ2) is 7.68. The Morgan fingerprint density at radius 1 is 1.05 bits per heavy atom. The lowest BCUT2D eigenvalue weighted by atomic mass is 9.89. The van der Waals surface area contributed by atoms with Gasteiger partial charge in [-0.05, 0) is 62.4 Å². The van der Waals surface area contributed by atoms with Crippen molar-refractivity contribution in [1.29, 1.82) is 0 Å². The van der Waals surface area contributed by atoms with E-state index in [0.29, 0.717) is 0 Å². The van der Waals surface area contributed by atoms with Gasteiger partial charge in [0.25, 0.3) is 0 Å². The lowest BCUT2D eigenvalue weighted by Gasteiger charge is -2.24. The molecule has 0 aliphatic heterocycles. The molecule has 1 saturated carbocycles. The average molecular weight is 274 g/mol. The Hall–Kier alpha value is -1.02. The van der Waals surface area contributed by atoms with Crippen LogP contribution in [0.3, 0.4) is 0 Å². The van der Waals surface area contributed by atoms with Crippen LogP contribution >= 0.6 is 0 Å². The minimum atomic E-state index is 0.926. The van der Waals surface area contributed by atoms with Crippen LogP contribution in [0.25, 0.3) is 0 Å². The highest BCUT2D eigenvalue weighted by Crippen LogP contribution is 2.22. The summed E-state index contributed by atoms with van der Waals surface area (Å²) < 4.78 is 0. The predicted octanol–water partition coefficient (Wildman–Crippen LogP) is 3.91. The van der Waals surface area contributed by atoms with E-state index < -0.39 is 0 Å². The van der Waals surface area contributed by atoms with Gasteiger partial charge in [-0.2, -0.15) is 0 Å². The molecule has 2 rings (SSSR count). The minimum absolute atomic E-state index is 0.926. The quantitative estimate of drug-likeness (QED) is 0.791. The van der Waals surface area contributed by atoms with Gasteiger partial charge in [0.2, 0.25) is 0 Å². The van der Waals surface area contributed by atoms with Crippen molar-refractivity contribution in [1.82, 2.24) is 5.32 Å². The summed E-state index contributed by atoms with van der Waals surface area (Å²) in [4.78, 5) is 2.36. The summed E-state index contributed by atoms with van der Waals surface area (Å²) in [7, 11) is 2.19. The van der Waals surface area contributed by atoms with Crippen molar-refractivity contribution in [2.45, 2.75) is 46.0 Å². The van der Waals surface area contributed by atoms with Crippen molar-refractivity contribution in [3.05, 3.63) is 29.3 Å². The predicted molar refractivity (Wildman–Crippen MR) is 88.6 cm³/mol.